The Kier molecular flexibility index (Phi) is 3.54. The fourth-order valence-electron chi connectivity index (χ4n) is 2.38. The van der Waals surface area contributed by atoms with Gasteiger partial charge in [-0.25, -0.2) is 9.97 Å². The van der Waals surface area contributed by atoms with E-state index in [-0.39, 0.29) is 0 Å². The summed E-state index contributed by atoms with van der Waals surface area (Å²) >= 11 is 0. The smallest absolute Gasteiger partial charge is 0.163 e. The van der Waals surface area contributed by atoms with Gasteiger partial charge in [-0.05, 0) is 12.8 Å². The summed E-state index contributed by atoms with van der Waals surface area (Å²) in [5, 5.41) is 4.99. The monoisotopic (exact) mass is 276 g/mol. The summed E-state index contributed by atoms with van der Waals surface area (Å²) in [4.78, 5) is 11.3. The van der Waals surface area contributed by atoms with Gasteiger partial charge in [0.05, 0.1) is 24.7 Å². The molecule has 108 valence electrons. The van der Waals surface area contributed by atoms with E-state index in [4.69, 9.17) is 10.5 Å². The lowest BCUT2D eigenvalue weighted by molar-refractivity contribution is 0.138. The fourth-order valence-corrected chi connectivity index (χ4v) is 2.38. The zero-order valence-corrected chi connectivity index (χ0v) is 11.9. The van der Waals surface area contributed by atoms with Crippen LogP contribution in [0.1, 0.15) is 18.7 Å². The Morgan fingerprint density at radius 3 is 2.95 bits per heavy atom. The van der Waals surface area contributed by atoms with Crippen LogP contribution < -0.4 is 5.73 Å². The van der Waals surface area contributed by atoms with E-state index in [0.29, 0.717) is 18.4 Å². The van der Waals surface area contributed by atoms with Crippen molar-refractivity contribution < 1.29 is 4.74 Å². The maximum atomic E-state index is 5.99. The van der Waals surface area contributed by atoms with Gasteiger partial charge in [-0.1, -0.05) is 0 Å². The molecule has 1 fully saturated rings. The predicted molar refractivity (Wildman–Crippen MR) is 76.0 cm³/mol. The molecule has 20 heavy (non-hydrogen) atoms. The van der Waals surface area contributed by atoms with Crippen molar-refractivity contribution in [2.24, 2.45) is 7.05 Å². The highest BCUT2D eigenvalue weighted by Gasteiger charge is 2.29. The Labute approximate surface area is 117 Å². The minimum absolute atomic E-state index is 0.501. The molecule has 1 saturated carbocycles. The summed E-state index contributed by atoms with van der Waals surface area (Å²) in [6.45, 7) is 2.33. The molecule has 2 aromatic heterocycles. The topological polar surface area (TPSA) is 82.1 Å². The van der Waals surface area contributed by atoms with Gasteiger partial charge in [0.1, 0.15) is 11.6 Å². The number of hydrogen-bond acceptors (Lipinski definition) is 6. The first-order valence-electron chi connectivity index (χ1n) is 6.86. The van der Waals surface area contributed by atoms with Crippen molar-refractivity contribution >= 4 is 16.9 Å². The van der Waals surface area contributed by atoms with E-state index in [9.17, 15) is 0 Å². The second-order valence-corrected chi connectivity index (χ2v) is 5.22. The number of nitrogen functional groups attached to an aromatic ring is 1. The van der Waals surface area contributed by atoms with Crippen LogP contribution in [0, 0.1) is 0 Å². The van der Waals surface area contributed by atoms with Gasteiger partial charge in [0.2, 0.25) is 0 Å². The zero-order chi connectivity index (χ0) is 14.1. The number of nitrogens with two attached hydrogens (primary N) is 1. The van der Waals surface area contributed by atoms with Crippen LogP contribution in [0.2, 0.25) is 0 Å². The number of nitrogens with zero attached hydrogens (tertiary/aromatic N) is 5. The van der Waals surface area contributed by atoms with Gasteiger partial charge in [-0.2, -0.15) is 5.10 Å². The number of ether oxygens (including phenoxy) is 1. The molecule has 2 N–H and O–H groups in total. The van der Waals surface area contributed by atoms with Crippen molar-refractivity contribution in [2.75, 3.05) is 26.0 Å². The molecule has 2 heterocycles. The van der Waals surface area contributed by atoms with Crippen molar-refractivity contribution in [1.29, 1.82) is 0 Å². The third-order valence-corrected chi connectivity index (χ3v) is 3.66. The average molecular weight is 276 g/mol. The number of rotatable bonds is 6. The van der Waals surface area contributed by atoms with Gasteiger partial charge in [-0.3, -0.25) is 9.58 Å². The van der Waals surface area contributed by atoms with Crippen LogP contribution in [-0.4, -0.2) is 51.0 Å². The molecule has 2 aromatic rings. The summed E-state index contributed by atoms with van der Waals surface area (Å²) in [6.07, 6.45) is 4.19. The summed E-state index contributed by atoms with van der Waals surface area (Å²) in [5.41, 5.74) is 6.78. The molecule has 7 heteroatoms. The van der Waals surface area contributed by atoms with Crippen LogP contribution in [0.4, 0.5) is 5.82 Å². The molecule has 0 amide bonds. The Hall–Kier alpha value is -1.73. The van der Waals surface area contributed by atoms with E-state index < -0.39 is 0 Å². The molecule has 1 aliphatic rings. The molecule has 7 nitrogen and oxygen atoms in total. The highest BCUT2D eigenvalue weighted by atomic mass is 16.5. The van der Waals surface area contributed by atoms with E-state index in [1.807, 2.05) is 7.05 Å². The second-order valence-electron chi connectivity index (χ2n) is 5.22. The van der Waals surface area contributed by atoms with Crippen LogP contribution in [0.15, 0.2) is 6.20 Å². The number of aromatic nitrogens is 4. The standard InChI is InChI=1S/C13H20N6O/c1-18-13-10(7-15-18)12(14)16-11(17-13)8-19(5-6-20-2)9-3-4-9/h7,9H,3-6,8H2,1-2H3,(H2,14,16,17). The number of methoxy groups -OCH3 is 1. The molecule has 0 bridgehead atoms. The molecule has 0 radical (unpaired) electrons. The first-order chi connectivity index (χ1) is 9.69. The lowest BCUT2D eigenvalue weighted by Gasteiger charge is -2.20. The summed E-state index contributed by atoms with van der Waals surface area (Å²) < 4.78 is 6.90. The van der Waals surface area contributed by atoms with E-state index in [2.05, 4.69) is 20.0 Å². The SMILES string of the molecule is COCCN(Cc1nc(N)c2cnn(C)c2n1)C1CC1. The van der Waals surface area contributed by atoms with E-state index in [1.54, 1.807) is 18.0 Å². The quantitative estimate of drug-likeness (QED) is 0.830. The molecule has 0 spiro atoms. The Morgan fingerprint density at radius 2 is 2.25 bits per heavy atom. The maximum absolute atomic E-state index is 5.99. The molecule has 0 aromatic carbocycles. The number of anilines is 1. The third-order valence-electron chi connectivity index (χ3n) is 3.66. The van der Waals surface area contributed by atoms with Crippen LogP contribution in [0.5, 0.6) is 0 Å². The third kappa shape index (κ3) is 2.59. The van der Waals surface area contributed by atoms with Gasteiger partial charge in [0, 0.05) is 26.7 Å². The molecular weight excluding hydrogens is 256 g/mol. The highest BCUT2D eigenvalue weighted by Crippen LogP contribution is 2.28. The van der Waals surface area contributed by atoms with Crippen molar-refractivity contribution in [2.45, 2.75) is 25.4 Å². The van der Waals surface area contributed by atoms with Crippen LogP contribution in [0.3, 0.4) is 0 Å². The van der Waals surface area contributed by atoms with E-state index in [0.717, 1.165) is 30.0 Å². The largest absolute Gasteiger partial charge is 0.383 e. The first kappa shape index (κ1) is 13.3. The van der Waals surface area contributed by atoms with Crippen LogP contribution in [-0.2, 0) is 18.3 Å². The van der Waals surface area contributed by atoms with Gasteiger partial charge in [0.15, 0.2) is 5.65 Å². The predicted octanol–water partition coefficient (Wildman–Crippen LogP) is 0.556. The average Bonchev–Trinajstić information content (AvgIpc) is 3.20. The molecule has 0 aliphatic heterocycles. The zero-order valence-electron chi connectivity index (χ0n) is 11.9. The molecular formula is C13H20N6O. The number of aryl methyl sites for hydroxylation is 1. The molecule has 0 saturated heterocycles. The van der Waals surface area contributed by atoms with Gasteiger partial charge in [0.25, 0.3) is 0 Å². The first-order valence-corrected chi connectivity index (χ1v) is 6.86. The highest BCUT2D eigenvalue weighted by molar-refractivity contribution is 5.84. The number of hydrogen-bond donors (Lipinski definition) is 1. The Morgan fingerprint density at radius 1 is 1.45 bits per heavy atom. The van der Waals surface area contributed by atoms with Crippen LogP contribution >= 0.6 is 0 Å². The number of fused-ring (bicyclic) bond motifs is 1. The fraction of sp³-hybridized carbons (Fsp3) is 0.615. The minimum atomic E-state index is 0.501. The van der Waals surface area contributed by atoms with Crippen LogP contribution in [0.25, 0.3) is 11.0 Å². The van der Waals surface area contributed by atoms with Crippen molar-refractivity contribution in [3.63, 3.8) is 0 Å². The Balaban J connectivity index is 1.83. The molecule has 3 rings (SSSR count). The second kappa shape index (κ2) is 5.34. The normalized spacial score (nSPS) is 15.3. The van der Waals surface area contributed by atoms with Crippen molar-refractivity contribution in [3.8, 4) is 0 Å². The van der Waals surface area contributed by atoms with Crippen molar-refractivity contribution in [3.05, 3.63) is 12.0 Å². The maximum Gasteiger partial charge on any atom is 0.163 e. The Bertz CT molecular complexity index is 606. The minimum Gasteiger partial charge on any atom is -0.383 e. The van der Waals surface area contributed by atoms with Gasteiger partial charge in [-0.15, -0.1) is 0 Å². The van der Waals surface area contributed by atoms with Gasteiger partial charge >= 0.3 is 0 Å². The molecule has 0 unspecified atom stereocenters. The summed E-state index contributed by atoms with van der Waals surface area (Å²) in [5.74, 6) is 1.25. The van der Waals surface area contributed by atoms with Crippen molar-refractivity contribution in [1.82, 2.24) is 24.6 Å². The van der Waals surface area contributed by atoms with E-state index >= 15 is 0 Å². The molecule has 1 aliphatic carbocycles. The summed E-state index contributed by atoms with van der Waals surface area (Å²) in [6, 6.07) is 0.636. The molecule has 0 atom stereocenters. The lowest BCUT2D eigenvalue weighted by atomic mass is 10.3. The van der Waals surface area contributed by atoms with E-state index in [1.165, 1.54) is 12.8 Å². The lowest BCUT2D eigenvalue weighted by Crippen LogP contribution is -2.30. The summed E-state index contributed by atoms with van der Waals surface area (Å²) in [7, 11) is 3.59. The van der Waals surface area contributed by atoms with Gasteiger partial charge < -0.3 is 10.5 Å².